The number of rotatable bonds is 5. The molecule has 140 valence electrons. The second-order valence-electron chi connectivity index (χ2n) is 7.42. The largest absolute Gasteiger partial charge is 0.361 e. The van der Waals surface area contributed by atoms with Crippen LogP contribution in [0.4, 0.5) is 0 Å². The van der Waals surface area contributed by atoms with Gasteiger partial charge in [-0.2, -0.15) is 0 Å². The lowest BCUT2D eigenvalue weighted by Crippen LogP contribution is -2.10. The van der Waals surface area contributed by atoms with Crippen LogP contribution in [0.15, 0.2) is 47.1 Å². The van der Waals surface area contributed by atoms with Crippen molar-refractivity contribution in [2.75, 3.05) is 0 Å². The van der Waals surface area contributed by atoms with Crippen molar-refractivity contribution in [1.29, 1.82) is 0 Å². The van der Waals surface area contributed by atoms with E-state index in [4.69, 9.17) is 27.7 Å². The fourth-order valence-electron chi connectivity index (χ4n) is 2.70. The Morgan fingerprint density at radius 3 is 2.48 bits per heavy atom. The Balaban J connectivity index is 1.67. The lowest BCUT2D eigenvalue weighted by Gasteiger charge is -2.18. The van der Waals surface area contributed by atoms with Crippen LogP contribution in [0, 0.1) is 0 Å². The predicted octanol–water partition coefficient (Wildman–Crippen LogP) is 6.16. The van der Waals surface area contributed by atoms with Gasteiger partial charge in [0.1, 0.15) is 16.6 Å². The van der Waals surface area contributed by atoms with E-state index in [-0.39, 0.29) is 22.8 Å². The second kappa shape index (κ2) is 7.83. The van der Waals surface area contributed by atoms with Gasteiger partial charge < -0.3 is 4.52 Å². The highest BCUT2D eigenvalue weighted by molar-refractivity contribution is 6.34. The molecule has 2 aromatic heterocycles. The Morgan fingerprint density at radius 1 is 1.11 bits per heavy atom. The number of aryl methyl sites for hydroxylation is 1. The van der Waals surface area contributed by atoms with Crippen LogP contribution < -0.4 is 0 Å². The Labute approximate surface area is 168 Å². The monoisotopic (exact) mass is 402 g/mol. The van der Waals surface area contributed by atoms with Crippen molar-refractivity contribution in [3.05, 3.63) is 69.7 Å². The summed E-state index contributed by atoms with van der Waals surface area (Å²) in [6.07, 6.45) is 2.07. The minimum absolute atomic E-state index is 0.102. The van der Waals surface area contributed by atoms with E-state index < -0.39 is 0 Å². The van der Waals surface area contributed by atoms with E-state index in [1.165, 1.54) is 17.8 Å². The minimum Gasteiger partial charge on any atom is -0.361 e. The Bertz CT molecular complexity index is 957. The Morgan fingerprint density at radius 2 is 1.81 bits per heavy atom. The van der Waals surface area contributed by atoms with Gasteiger partial charge in [0.2, 0.25) is 0 Å². The molecule has 0 aliphatic rings. The van der Waals surface area contributed by atoms with Gasteiger partial charge in [0, 0.05) is 30.7 Å². The third-order valence-corrected chi connectivity index (χ3v) is 4.82. The van der Waals surface area contributed by atoms with Gasteiger partial charge in [0.25, 0.3) is 0 Å². The Kier molecular flexibility index (Phi) is 5.68. The molecule has 4 nitrogen and oxygen atoms in total. The number of hydrogen-bond donors (Lipinski definition) is 0. The predicted molar refractivity (Wildman–Crippen MR) is 108 cm³/mol. The molecule has 0 bridgehead atoms. The number of pyridine rings is 1. The van der Waals surface area contributed by atoms with Crippen molar-refractivity contribution < 1.29 is 9.32 Å². The van der Waals surface area contributed by atoms with Crippen LogP contribution in [0.1, 0.15) is 48.9 Å². The third-order valence-electron chi connectivity index (χ3n) is 4.31. The number of nitrogens with zero attached hydrogens (tertiary/aromatic N) is 2. The summed E-state index contributed by atoms with van der Waals surface area (Å²) in [4.78, 5) is 16.3. The molecule has 0 amide bonds. The lowest BCUT2D eigenvalue weighted by atomic mass is 9.86. The number of carbonyl (C=O) groups excluding carboxylic acids is 1. The molecule has 0 atom stereocenters. The zero-order valence-corrected chi connectivity index (χ0v) is 16.9. The van der Waals surface area contributed by atoms with E-state index in [9.17, 15) is 4.79 Å². The molecule has 0 unspecified atom stereocenters. The molecule has 27 heavy (non-hydrogen) atoms. The number of aromatic nitrogens is 2. The van der Waals surface area contributed by atoms with Crippen LogP contribution in [-0.4, -0.2) is 15.9 Å². The highest BCUT2D eigenvalue weighted by Crippen LogP contribution is 2.26. The highest BCUT2D eigenvalue weighted by Gasteiger charge is 2.16. The van der Waals surface area contributed by atoms with Gasteiger partial charge in [-0.25, -0.2) is 4.98 Å². The molecule has 0 aliphatic carbocycles. The molecule has 6 heteroatoms. The molecular formula is C21H20Cl2N2O2. The number of hydrogen-bond acceptors (Lipinski definition) is 4. The molecule has 0 radical (unpaired) electrons. The van der Waals surface area contributed by atoms with Crippen molar-refractivity contribution in [1.82, 2.24) is 10.1 Å². The van der Waals surface area contributed by atoms with Crippen LogP contribution in [0.5, 0.6) is 0 Å². The summed E-state index contributed by atoms with van der Waals surface area (Å²) < 4.78 is 5.38. The van der Waals surface area contributed by atoms with E-state index in [0.717, 1.165) is 11.3 Å². The van der Waals surface area contributed by atoms with Crippen molar-refractivity contribution in [2.45, 2.75) is 39.0 Å². The molecule has 0 spiro atoms. The van der Waals surface area contributed by atoms with E-state index >= 15 is 0 Å². The van der Waals surface area contributed by atoms with Crippen LogP contribution in [0.2, 0.25) is 10.2 Å². The number of benzene rings is 1. The molecule has 1 aromatic carbocycles. The van der Waals surface area contributed by atoms with E-state index in [1.54, 1.807) is 0 Å². The maximum absolute atomic E-state index is 12.4. The van der Waals surface area contributed by atoms with Crippen molar-refractivity contribution >= 4 is 29.0 Å². The summed E-state index contributed by atoms with van der Waals surface area (Å²) >= 11 is 11.9. The van der Waals surface area contributed by atoms with Gasteiger partial charge in [0.15, 0.2) is 5.78 Å². The summed E-state index contributed by atoms with van der Waals surface area (Å²) in [6, 6.07) is 11.7. The van der Waals surface area contributed by atoms with Gasteiger partial charge in [-0.05, 0) is 17.0 Å². The van der Waals surface area contributed by atoms with Crippen LogP contribution in [0.3, 0.4) is 0 Å². The first-order valence-electron chi connectivity index (χ1n) is 8.65. The molecule has 0 aliphatic heterocycles. The second-order valence-corrected chi connectivity index (χ2v) is 8.22. The quantitative estimate of drug-likeness (QED) is 0.378. The first-order valence-corrected chi connectivity index (χ1v) is 9.40. The molecule has 0 saturated carbocycles. The lowest BCUT2D eigenvalue weighted by molar-refractivity contribution is 0.0980. The fourth-order valence-corrected chi connectivity index (χ4v) is 3.06. The normalized spacial score (nSPS) is 11.6. The fraction of sp³-hybridized carbons (Fsp3) is 0.286. The van der Waals surface area contributed by atoms with Crippen molar-refractivity contribution in [3.8, 4) is 11.3 Å². The van der Waals surface area contributed by atoms with Crippen molar-refractivity contribution in [3.63, 3.8) is 0 Å². The zero-order valence-electron chi connectivity index (χ0n) is 15.4. The first-order chi connectivity index (χ1) is 12.7. The van der Waals surface area contributed by atoms with Crippen molar-refractivity contribution in [2.24, 2.45) is 0 Å². The summed E-state index contributed by atoms with van der Waals surface area (Å²) in [5.74, 6) is 0.506. The Hall–Kier alpha value is -2.17. The van der Waals surface area contributed by atoms with E-state index in [0.29, 0.717) is 22.8 Å². The molecule has 0 N–H and O–H groups in total. The molecule has 0 fully saturated rings. The van der Waals surface area contributed by atoms with E-state index in [1.807, 2.05) is 18.2 Å². The van der Waals surface area contributed by atoms with Gasteiger partial charge >= 0.3 is 0 Å². The number of Topliss-reactive ketones (excluding diaryl/α,β-unsaturated/α-hetero) is 1. The molecule has 0 saturated heterocycles. The van der Waals surface area contributed by atoms with Gasteiger partial charge in [-0.3, -0.25) is 4.79 Å². The average molecular weight is 403 g/mol. The maximum Gasteiger partial charge on any atom is 0.166 e. The first kappa shape index (κ1) is 19.6. The smallest absolute Gasteiger partial charge is 0.166 e. The van der Waals surface area contributed by atoms with Crippen LogP contribution in [-0.2, 0) is 11.8 Å². The van der Waals surface area contributed by atoms with Gasteiger partial charge in [-0.15, -0.1) is 0 Å². The topological polar surface area (TPSA) is 56.0 Å². The van der Waals surface area contributed by atoms with E-state index in [2.05, 4.69) is 43.0 Å². The molecule has 3 rings (SSSR count). The molecule has 2 heterocycles. The molecular weight excluding hydrogens is 383 g/mol. The average Bonchev–Trinajstić information content (AvgIpc) is 3.10. The number of ketones is 1. The number of carbonyl (C=O) groups is 1. The van der Waals surface area contributed by atoms with Crippen LogP contribution in [0.25, 0.3) is 11.3 Å². The maximum atomic E-state index is 12.4. The van der Waals surface area contributed by atoms with Crippen LogP contribution >= 0.6 is 23.2 Å². The standard InChI is InChI=1S/C21H20Cl2N2O2/c1-21(2,3)14-6-4-13(5-7-14)18-11-16(27-25-18)8-9-19(26)17-10-15(22)12-24-20(17)23/h4-7,10-12H,8-9H2,1-3H3. The zero-order chi connectivity index (χ0) is 19.6. The number of halogens is 2. The summed E-state index contributed by atoms with van der Waals surface area (Å²) in [5.41, 5.74) is 3.41. The molecule has 3 aromatic rings. The summed E-state index contributed by atoms with van der Waals surface area (Å²) in [6.45, 7) is 6.53. The third kappa shape index (κ3) is 4.76. The highest BCUT2D eigenvalue weighted by atomic mass is 35.5. The van der Waals surface area contributed by atoms with Gasteiger partial charge in [0.05, 0.1) is 10.6 Å². The minimum atomic E-state index is -0.137. The van der Waals surface area contributed by atoms with Gasteiger partial charge in [-0.1, -0.05) is 73.4 Å². The summed E-state index contributed by atoms with van der Waals surface area (Å²) in [5, 5.41) is 4.65. The SMILES string of the molecule is CC(C)(C)c1ccc(-c2cc(CCC(=O)c3cc(Cl)cnc3Cl)on2)cc1. The summed E-state index contributed by atoms with van der Waals surface area (Å²) in [7, 11) is 0.